The molecule has 0 unspecified atom stereocenters. The van der Waals surface area contributed by atoms with E-state index in [-0.39, 0.29) is 23.8 Å². The van der Waals surface area contributed by atoms with Crippen LogP contribution in [-0.2, 0) is 4.79 Å². The molecule has 0 aliphatic heterocycles. The van der Waals surface area contributed by atoms with Gasteiger partial charge in [0.25, 0.3) is 5.91 Å². The van der Waals surface area contributed by atoms with E-state index in [2.05, 4.69) is 20.6 Å². The number of rotatable bonds is 6. The van der Waals surface area contributed by atoms with Crippen LogP contribution in [0.2, 0.25) is 0 Å². The van der Waals surface area contributed by atoms with Crippen LogP contribution in [0.3, 0.4) is 0 Å². The Balaban J connectivity index is 1.66. The average Bonchev–Trinajstić information content (AvgIpc) is 3.19. The van der Waals surface area contributed by atoms with Gasteiger partial charge in [0, 0.05) is 12.1 Å². The fourth-order valence-corrected chi connectivity index (χ4v) is 2.56. The fourth-order valence-electron chi connectivity index (χ4n) is 2.56. The molecular weight excluding hydrogens is 354 g/mol. The Morgan fingerprint density at radius 3 is 2.39 bits per heavy atom. The van der Waals surface area contributed by atoms with Gasteiger partial charge in [-0.1, -0.05) is 44.2 Å². The summed E-state index contributed by atoms with van der Waals surface area (Å²) in [5.74, 6) is 0.178. The second kappa shape index (κ2) is 8.47. The first kappa shape index (κ1) is 19.3. The SMILES string of the molecule is CC(C)C(=O)Nc1ccc(-n2cnc(C(=O)N[C@@H](C)c3ccccc3)c2)nc1. The molecule has 1 atom stereocenters. The van der Waals surface area contributed by atoms with Gasteiger partial charge in [-0.05, 0) is 24.6 Å². The molecule has 1 aromatic carbocycles. The van der Waals surface area contributed by atoms with Crippen molar-refractivity contribution in [3.05, 3.63) is 72.4 Å². The number of nitrogens with zero attached hydrogens (tertiary/aromatic N) is 3. The molecule has 0 saturated heterocycles. The molecule has 3 aromatic rings. The molecule has 0 fully saturated rings. The number of carbonyl (C=O) groups excluding carboxylic acids is 2. The van der Waals surface area contributed by atoms with Gasteiger partial charge in [-0.25, -0.2) is 9.97 Å². The summed E-state index contributed by atoms with van der Waals surface area (Å²) in [7, 11) is 0. The molecule has 2 heterocycles. The van der Waals surface area contributed by atoms with E-state index in [1.807, 2.05) is 51.1 Å². The largest absolute Gasteiger partial charge is 0.344 e. The standard InChI is InChI=1S/C21H23N5O2/c1-14(2)20(27)25-17-9-10-19(22-11-17)26-12-18(23-13-26)21(28)24-15(3)16-7-5-4-6-8-16/h4-15H,1-3H3,(H,24,28)(H,25,27)/t15-/m0/s1. The van der Waals surface area contributed by atoms with E-state index in [0.717, 1.165) is 5.56 Å². The Morgan fingerprint density at radius 2 is 1.75 bits per heavy atom. The second-order valence-electron chi connectivity index (χ2n) is 6.82. The van der Waals surface area contributed by atoms with Crippen LogP contribution < -0.4 is 10.6 Å². The van der Waals surface area contributed by atoms with Crippen LogP contribution in [0.4, 0.5) is 5.69 Å². The molecule has 2 aromatic heterocycles. The van der Waals surface area contributed by atoms with Crippen LogP contribution >= 0.6 is 0 Å². The number of hydrogen-bond donors (Lipinski definition) is 2. The fraction of sp³-hybridized carbons (Fsp3) is 0.238. The summed E-state index contributed by atoms with van der Waals surface area (Å²) in [4.78, 5) is 32.7. The van der Waals surface area contributed by atoms with Gasteiger partial charge in [-0.15, -0.1) is 0 Å². The van der Waals surface area contributed by atoms with Gasteiger partial charge in [-0.3, -0.25) is 14.2 Å². The lowest BCUT2D eigenvalue weighted by atomic mass is 10.1. The van der Waals surface area contributed by atoms with Gasteiger partial charge in [0.1, 0.15) is 17.8 Å². The highest BCUT2D eigenvalue weighted by Crippen LogP contribution is 2.14. The molecule has 2 N–H and O–H groups in total. The summed E-state index contributed by atoms with van der Waals surface area (Å²) in [6, 6.07) is 13.1. The van der Waals surface area contributed by atoms with Crippen molar-refractivity contribution < 1.29 is 9.59 Å². The first-order valence-corrected chi connectivity index (χ1v) is 9.11. The zero-order chi connectivity index (χ0) is 20.1. The molecule has 7 nitrogen and oxygen atoms in total. The summed E-state index contributed by atoms with van der Waals surface area (Å²) in [5.41, 5.74) is 1.95. The molecule has 3 rings (SSSR count). The molecule has 0 spiro atoms. The Hall–Kier alpha value is -3.48. The van der Waals surface area contributed by atoms with Crippen LogP contribution in [0.1, 0.15) is 42.9 Å². The maximum absolute atomic E-state index is 12.5. The smallest absolute Gasteiger partial charge is 0.271 e. The zero-order valence-corrected chi connectivity index (χ0v) is 16.1. The summed E-state index contributed by atoms with van der Waals surface area (Å²) < 4.78 is 1.66. The molecule has 0 aliphatic carbocycles. The highest BCUT2D eigenvalue weighted by atomic mass is 16.2. The monoisotopic (exact) mass is 377 g/mol. The van der Waals surface area contributed by atoms with Crippen molar-refractivity contribution in [2.24, 2.45) is 5.92 Å². The predicted octanol–water partition coefficient (Wildman–Crippen LogP) is 3.35. The molecule has 0 saturated carbocycles. The molecule has 0 aliphatic rings. The van der Waals surface area contributed by atoms with E-state index in [1.54, 1.807) is 29.1 Å². The summed E-state index contributed by atoms with van der Waals surface area (Å²) >= 11 is 0. The lowest BCUT2D eigenvalue weighted by Gasteiger charge is -2.13. The maximum Gasteiger partial charge on any atom is 0.271 e. The third kappa shape index (κ3) is 4.62. The highest BCUT2D eigenvalue weighted by Gasteiger charge is 2.14. The molecule has 0 bridgehead atoms. The molecular formula is C21H23N5O2. The Labute approximate surface area is 163 Å². The number of carbonyl (C=O) groups is 2. The first-order chi connectivity index (χ1) is 13.4. The van der Waals surface area contributed by atoms with E-state index in [9.17, 15) is 9.59 Å². The third-order valence-corrected chi connectivity index (χ3v) is 4.27. The van der Waals surface area contributed by atoms with E-state index in [4.69, 9.17) is 0 Å². The van der Waals surface area contributed by atoms with Gasteiger partial charge in [0.05, 0.1) is 17.9 Å². The van der Waals surface area contributed by atoms with E-state index in [0.29, 0.717) is 17.2 Å². The quantitative estimate of drug-likeness (QED) is 0.689. The van der Waals surface area contributed by atoms with Crippen LogP contribution in [0.15, 0.2) is 61.2 Å². The van der Waals surface area contributed by atoms with Crippen LogP contribution in [0.5, 0.6) is 0 Å². The Kier molecular flexibility index (Phi) is 5.84. The number of amides is 2. The van der Waals surface area contributed by atoms with E-state index >= 15 is 0 Å². The lowest BCUT2D eigenvalue weighted by molar-refractivity contribution is -0.118. The average molecular weight is 377 g/mol. The van der Waals surface area contributed by atoms with Gasteiger partial charge in [0.2, 0.25) is 5.91 Å². The van der Waals surface area contributed by atoms with Crippen molar-refractivity contribution in [1.29, 1.82) is 0 Å². The zero-order valence-electron chi connectivity index (χ0n) is 16.1. The molecule has 0 radical (unpaired) electrons. The number of imidazole rings is 1. The minimum absolute atomic E-state index is 0.0660. The summed E-state index contributed by atoms with van der Waals surface area (Å²) in [6.07, 6.45) is 4.74. The Morgan fingerprint density at radius 1 is 1.00 bits per heavy atom. The van der Waals surface area contributed by atoms with Crippen molar-refractivity contribution in [2.75, 3.05) is 5.32 Å². The Bertz CT molecular complexity index is 948. The molecule has 7 heteroatoms. The van der Waals surface area contributed by atoms with Gasteiger partial charge in [0.15, 0.2) is 0 Å². The number of anilines is 1. The van der Waals surface area contributed by atoms with Crippen molar-refractivity contribution in [2.45, 2.75) is 26.8 Å². The number of nitrogens with one attached hydrogen (secondary N) is 2. The normalized spacial score (nSPS) is 11.9. The van der Waals surface area contributed by atoms with Crippen molar-refractivity contribution in [1.82, 2.24) is 19.9 Å². The van der Waals surface area contributed by atoms with E-state index in [1.165, 1.54) is 6.33 Å². The third-order valence-electron chi connectivity index (χ3n) is 4.27. The molecule has 144 valence electrons. The maximum atomic E-state index is 12.5. The number of hydrogen-bond acceptors (Lipinski definition) is 4. The highest BCUT2D eigenvalue weighted by molar-refractivity contribution is 5.92. The minimum Gasteiger partial charge on any atom is -0.344 e. The molecule has 28 heavy (non-hydrogen) atoms. The van der Waals surface area contributed by atoms with Gasteiger partial charge >= 0.3 is 0 Å². The van der Waals surface area contributed by atoms with Crippen LogP contribution in [-0.4, -0.2) is 26.3 Å². The minimum atomic E-state index is -0.254. The first-order valence-electron chi connectivity index (χ1n) is 9.11. The van der Waals surface area contributed by atoms with Crippen molar-refractivity contribution >= 4 is 17.5 Å². The van der Waals surface area contributed by atoms with Crippen LogP contribution in [0, 0.1) is 5.92 Å². The van der Waals surface area contributed by atoms with E-state index < -0.39 is 0 Å². The van der Waals surface area contributed by atoms with Gasteiger partial charge < -0.3 is 10.6 Å². The number of aromatic nitrogens is 3. The predicted molar refractivity (Wildman–Crippen MR) is 107 cm³/mol. The summed E-state index contributed by atoms with van der Waals surface area (Å²) in [6.45, 7) is 5.58. The number of benzene rings is 1. The van der Waals surface area contributed by atoms with Crippen molar-refractivity contribution in [3.63, 3.8) is 0 Å². The number of pyridine rings is 1. The summed E-state index contributed by atoms with van der Waals surface area (Å²) in [5, 5.41) is 5.73. The van der Waals surface area contributed by atoms with Crippen molar-refractivity contribution in [3.8, 4) is 5.82 Å². The molecule has 2 amide bonds. The second-order valence-corrected chi connectivity index (χ2v) is 6.82. The topological polar surface area (TPSA) is 88.9 Å². The van der Waals surface area contributed by atoms with Crippen LogP contribution in [0.25, 0.3) is 5.82 Å². The lowest BCUT2D eigenvalue weighted by Crippen LogP contribution is -2.26. The van der Waals surface area contributed by atoms with Gasteiger partial charge in [-0.2, -0.15) is 0 Å².